The van der Waals surface area contributed by atoms with Gasteiger partial charge in [0, 0.05) is 12.8 Å². The van der Waals surface area contributed by atoms with E-state index in [1.807, 2.05) is 0 Å². The molecule has 0 bridgehead atoms. The van der Waals surface area contributed by atoms with Crippen molar-refractivity contribution < 1.29 is 19.8 Å². The summed E-state index contributed by atoms with van der Waals surface area (Å²) in [6, 6.07) is 5.42. The number of carbonyl (C=O) groups excluding carboxylic acids is 1. The van der Waals surface area contributed by atoms with Gasteiger partial charge in [0.15, 0.2) is 0 Å². The van der Waals surface area contributed by atoms with Crippen molar-refractivity contribution in [3.8, 4) is 5.75 Å². The Labute approximate surface area is 194 Å². The average molecular weight is 446 g/mol. The van der Waals surface area contributed by atoms with Crippen LogP contribution in [0.5, 0.6) is 5.75 Å². The number of phenols is 1. The molecule has 0 aliphatic heterocycles. The number of carboxylic acid groups (broad SMARTS) is 1. The highest BCUT2D eigenvalue weighted by atomic mass is 16.4. The minimum absolute atomic E-state index is 0.133. The van der Waals surface area contributed by atoms with Crippen LogP contribution in [0, 0.1) is 0 Å². The van der Waals surface area contributed by atoms with Crippen molar-refractivity contribution >= 4 is 11.9 Å². The van der Waals surface area contributed by atoms with E-state index in [0.717, 1.165) is 31.2 Å². The average Bonchev–Trinajstić information content (AvgIpc) is 2.77. The fourth-order valence-corrected chi connectivity index (χ4v) is 3.69. The Balaban J connectivity index is 2.03. The maximum absolute atomic E-state index is 12.1. The van der Waals surface area contributed by atoms with Crippen molar-refractivity contribution in [2.75, 3.05) is 0 Å². The minimum atomic E-state index is -1.05. The Morgan fingerprint density at radius 2 is 1.38 bits per heavy atom. The number of allylic oxidation sites excluding steroid dienone is 2. The first-order chi connectivity index (χ1) is 15.5. The number of rotatable bonds is 19. The number of carboxylic acids is 1. The third-order valence-electron chi connectivity index (χ3n) is 5.68. The number of unbranched alkanes of at least 4 members (excludes halogenated alkanes) is 11. The standard InChI is InChI=1S/C27H43NO4/c1-2-3-4-5-6-7-8-9-10-11-12-13-14-15-16-17-26(30)28-25(27(31)32)22-23-18-20-24(29)21-19-23/h9-10,18-21,25,29H,2-8,11-17,22H2,1H3,(H,28,30)(H,31,32)/b10-9+/t25-/m0/s1. The fourth-order valence-electron chi connectivity index (χ4n) is 3.69. The Hall–Kier alpha value is -2.30. The van der Waals surface area contributed by atoms with Gasteiger partial charge >= 0.3 is 5.97 Å². The van der Waals surface area contributed by atoms with Gasteiger partial charge in [0.25, 0.3) is 0 Å². The summed E-state index contributed by atoms with van der Waals surface area (Å²) >= 11 is 0. The Morgan fingerprint density at radius 3 is 1.94 bits per heavy atom. The van der Waals surface area contributed by atoms with Gasteiger partial charge in [-0.15, -0.1) is 0 Å². The van der Waals surface area contributed by atoms with Gasteiger partial charge in [-0.25, -0.2) is 4.79 Å². The van der Waals surface area contributed by atoms with E-state index in [-0.39, 0.29) is 18.1 Å². The lowest BCUT2D eigenvalue weighted by molar-refractivity contribution is -0.141. The molecule has 0 saturated carbocycles. The quantitative estimate of drug-likeness (QED) is 0.167. The zero-order valence-electron chi connectivity index (χ0n) is 19.9. The zero-order valence-corrected chi connectivity index (χ0v) is 19.9. The molecule has 0 saturated heterocycles. The van der Waals surface area contributed by atoms with Crippen molar-refractivity contribution in [2.24, 2.45) is 0 Å². The number of benzene rings is 1. The lowest BCUT2D eigenvalue weighted by Crippen LogP contribution is -2.42. The van der Waals surface area contributed by atoms with Gasteiger partial charge in [-0.05, 0) is 49.8 Å². The minimum Gasteiger partial charge on any atom is -0.508 e. The van der Waals surface area contributed by atoms with Crippen LogP contribution < -0.4 is 5.32 Å². The summed E-state index contributed by atoms with van der Waals surface area (Å²) in [5, 5.41) is 21.3. The van der Waals surface area contributed by atoms with Crippen LogP contribution in [0.1, 0.15) is 102 Å². The number of hydrogen-bond donors (Lipinski definition) is 3. The lowest BCUT2D eigenvalue weighted by Gasteiger charge is -2.14. The number of aromatic hydroxyl groups is 1. The van der Waals surface area contributed by atoms with E-state index in [1.165, 1.54) is 69.9 Å². The zero-order chi connectivity index (χ0) is 23.4. The first-order valence-electron chi connectivity index (χ1n) is 12.5. The molecule has 1 aromatic rings. The molecule has 5 heteroatoms. The number of nitrogens with one attached hydrogen (secondary N) is 1. The summed E-state index contributed by atoms with van der Waals surface area (Å²) in [5.74, 6) is -1.13. The molecule has 0 heterocycles. The van der Waals surface area contributed by atoms with E-state index in [9.17, 15) is 19.8 Å². The summed E-state index contributed by atoms with van der Waals surface area (Å²) in [7, 11) is 0. The highest BCUT2D eigenvalue weighted by Gasteiger charge is 2.20. The van der Waals surface area contributed by atoms with Crippen LogP contribution in [0.3, 0.4) is 0 Å². The number of carbonyl (C=O) groups is 2. The summed E-state index contributed by atoms with van der Waals surface area (Å²) in [6.07, 6.45) is 20.8. The second-order valence-corrected chi connectivity index (χ2v) is 8.66. The first-order valence-corrected chi connectivity index (χ1v) is 12.5. The molecule has 1 rings (SSSR count). The van der Waals surface area contributed by atoms with E-state index >= 15 is 0 Å². The van der Waals surface area contributed by atoms with E-state index in [1.54, 1.807) is 12.1 Å². The van der Waals surface area contributed by atoms with Crippen molar-refractivity contribution in [2.45, 2.75) is 109 Å². The summed E-state index contributed by atoms with van der Waals surface area (Å²) in [5.41, 5.74) is 0.761. The monoisotopic (exact) mass is 445 g/mol. The number of hydrogen-bond acceptors (Lipinski definition) is 3. The van der Waals surface area contributed by atoms with Gasteiger partial charge in [-0.1, -0.05) is 82.6 Å². The Morgan fingerprint density at radius 1 is 0.844 bits per heavy atom. The molecular weight excluding hydrogens is 402 g/mol. The molecule has 0 aliphatic carbocycles. The topological polar surface area (TPSA) is 86.6 Å². The smallest absolute Gasteiger partial charge is 0.326 e. The van der Waals surface area contributed by atoms with Gasteiger partial charge in [0.2, 0.25) is 5.91 Å². The van der Waals surface area contributed by atoms with Gasteiger partial charge < -0.3 is 15.5 Å². The molecule has 0 aliphatic rings. The van der Waals surface area contributed by atoms with Gasteiger partial charge in [0.1, 0.15) is 11.8 Å². The van der Waals surface area contributed by atoms with Crippen molar-refractivity contribution in [3.05, 3.63) is 42.0 Å². The molecule has 0 spiro atoms. The van der Waals surface area contributed by atoms with E-state index < -0.39 is 12.0 Å². The Bertz CT molecular complexity index is 654. The molecule has 3 N–H and O–H groups in total. The molecule has 5 nitrogen and oxygen atoms in total. The Kier molecular flexibility index (Phi) is 15.9. The molecule has 0 fully saturated rings. The van der Waals surface area contributed by atoms with Crippen LogP contribution in [0.4, 0.5) is 0 Å². The summed E-state index contributed by atoms with van der Waals surface area (Å²) in [6.45, 7) is 2.25. The third kappa shape index (κ3) is 14.7. The molecule has 0 radical (unpaired) electrons. The number of aliphatic carboxylic acids is 1. The third-order valence-corrected chi connectivity index (χ3v) is 5.68. The molecular formula is C27H43NO4. The van der Waals surface area contributed by atoms with E-state index in [2.05, 4.69) is 24.4 Å². The number of amides is 1. The van der Waals surface area contributed by atoms with Crippen LogP contribution in [0.2, 0.25) is 0 Å². The predicted octanol–water partition coefficient (Wildman–Crippen LogP) is 6.54. The van der Waals surface area contributed by atoms with Crippen LogP contribution >= 0.6 is 0 Å². The maximum atomic E-state index is 12.1. The number of phenolic OH excluding ortho intramolecular Hbond substituents is 1. The van der Waals surface area contributed by atoms with Crippen molar-refractivity contribution in [3.63, 3.8) is 0 Å². The first kappa shape index (κ1) is 27.7. The van der Waals surface area contributed by atoms with Crippen LogP contribution in [0.25, 0.3) is 0 Å². The van der Waals surface area contributed by atoms with E-state index in [0.29, 0.717) is 6.42 Å². The maximum Gasteiger partial charge on any atom is 0.326 e. The van der Waals surface area contributed by atoms with Crippen LogP contribution in [-0.2, 0) is 16.0 Å². The largest absolute Gasteiger partial charge is 0.508 e. The van der Waals surface area contributed by atoms with Crippen molar-refractivity contribution in [1.29, 1.82) is 0 Å². The van der Waals surface area contributed by atoms with Gasteiger partial charge in [-0.3, -0.25) is 4.79 Å². The molecule has 32 heavy (non-hydrogen) atoms. The SMILES string of the molecule is CCCCCCCC/C=C/CCCCCCCC(=O)N[C@@H](Cc1ccc(O)cc1)C(=O)O. The molecule has 1 aromatic carbocycles. The predicted molar refractivity (Wildman–Crippen MR) is 131 cm³/mol. The second-order valence-electron chi connectivity index (χ2n) is 8.66. The highest BCUT2D eigenvalue weighted by Crippen LogP contribution is 2.13. The van der Waals surface area contributed by atoms with E-state index in [4.69, 9.17) is 0 Å². The fraction of sp³-hybridized carbons (Fsp3) is 0.630. The summed E-state index contributed by atoms with van der Waals surface area (Å²) < 4.78 is 0. The lowest BCUT2D eigenvalue weighted by atomic mass is 10.0. The summed E-state index contributed by atoms with van der Waals surface area (Å²) in [4.78, 5) is 23.6. The van der Waals surface area contributed by atoms with Crippen LogP contribution in [0.15, 0.2) is 36.4 Å². The normalized spacial score (nSPS) is 12.2. The molecule has 180 valence electrons. The molecule has 1 amide bonds. The molecule has 1 atom stereocenters. The van der Waals surface area contributed by atoms with Gasteiger partial charge in [-0.2, -0.15) is 0 Å². The van der Waals surface area contributed by atoms with Crippen molar-refractivity contribution in [1.82, 2.24) is 5.32 Å². The van der Waals surface area contributed by atoms with Gasteiger partial charge in [0.05, 0.1) is 0 Å². The molecule has 0 aromatic heterocycles. The molecule has 0 unspecified atom stereocenters. The second kappa shape index (κ2) is 18.3. The van der Waals surface area contributed by atoms with Crippen LogP contribution in [-0.4, -0.2) is 28.1 Å². The highest BCUT2D eigenvalue weighted by molar-refractivity contribution is 5.83.